The molecule has 0 bridgehead atoms. The largest absolute Gasteiger partial charge is 0.347 e. The number of amides is 2. The van der Waals surface area contributed by atoms with Crippen molar-refractivity contribution < 1.29 is 9.59 Å². The van der Waals surface area contributed by atoms with Crippen LogP contribution >= 0.6 is 0 Å². The van der Waals surface area contributed by atoms with Crippen LogP contribution in [0.2, 0.25) is 0 Å². The fourth-order valence-electron chi connectivity index (χ4n) is 2.52. The van der Waals surface area contributed by atoms with E-state index in [0.717, 1.165) is 12.8 Å². The molecule has 0 fully saturated rings. The minimum Gasteiger partial charge on any atom is -0.347 e. The van der Waals surface area contributed by atoms with Gasteiger partial charge in [0.15, 0.2) is 0 Å². The standard InChI is InChI=1S/C19H31N3O2/c1-6-7-15-8-10-16(11-9-15)19(14(2)3)21-12-17(23)20-13-18(24)22(4)5/h8-11,14,19,21H,6-7,12-13H2,1-5H3,(H,20,23)/t19-/m0/s1. The lowest BCUT2D eigenvalue weighted by Crippen LogP contribution is -2.41. The number of nitrogens with one attached hydrogen (secondary N) is 2. The molecule has 5 nitrogen and oxygen atoms in total. The number of rotatable bonds is 9. The molecular weight excluding hydrogens is 302 g/mol. The predicted octanol–water partition coefficient (Wildman–Crippen LogP) is 2.13. The molecule has 0 aromatic heterocycles. The van der Waals surface area contributed by atoms with Gasteiger partial charge in [-0.05, 0) is 23.5 Å². The molecule has 1 aromatic carbocycles. The maximum Gasteiger partial charge on any atom is 0.241 e. The summed E-state index contributed by atoms with van der Waals surface area (Å²) in [6.07, 6.45) is 2.22. The van der Waals surface area contributed by atoms with E-state index in [-0.39, 0.29) is 30.9 Å². The van der Waals surface area contributed by atoms with Crippen molar-refractivity contribution in [2.75, 3.05) is 27.2 Å². The second-order valence-corrected chi connectivity index (χ2v) is 6.66. The Hall–Kier alpha value is -1.88. The van der Waals surface area contributed by atoms with E-state index in [4.69, 9.17) is 0 Å². The van der Waals surface area contributed by atoms with Gasteiger partial charge in [-0.25, -0.2) is 0 Å². The molecule has 5 heteroatoms. The Morgan fingerprint density at radius 1 is 1.08 bits per heavy atom. The number of carbonyl (C=O) groups is 2. The van der Waals surface area contributed by atoms with Gasteiger partial charge in [0.05, 0.1) is 13.1 Å². The number of hydrogen-bond acceptors (Lipinski definition) is 3. The molecule has 0 unspecified atom stereocenters. The van der Waals surface area contributed by atoms with Gasteiger partial charge >= 0.3 is 0 Å². The zero-order valence-electron chi connectivity index (χ0n) is 15.6. The van der Waals surface area contributed by atoms with E-state index in [9.17, 15) is 9.59 Å². The van der Waals surface area contributed by atoms with Gasteiger partial charge in [-0.1, -0.05) is 51.5 Å². The van der Waals surface area contributed by atoms with Crippen LogP contribution in [-0.4, -0.2) is 43.9 Å². The first-order valence-electron chi connectivity index (χ1n) is 8.64. The van der Waals surface area contributed by atoms with Crippen molar-refractivity contribution in [1.29, 1.82) is 0 Å². The number of likely N-dealkylation sites (N-methyl/N-ethyl adjacent to an activating group) is 1. The topological polar surface area (TPSA) is 61.4 Å². The molecular formula is C19H31N3O2. The van der Waals surface area contributed by atoms with E-state index in [0.29, 0.717) is 5.92 Å². The van der Waals surface area contributed by atoms with E-state index in [2.05, 4.69) is 55.7 Å². The first-order valence-corrected chi connectivity index (χ1v) is 8.64. The van der Waals surface area contributed by atoms with Gasteiger partial charge in [-0.3, -0.25) is 9.59 Å². The Balaban J connectivity index is 2.57. The Morgan fingerprint density at radius 2 is 1.71 bits per heavy atom. The maximum atomic E-state index is 11.9. The van der Waals surface area contributed by atoms with E-state index in [1.165, 1.54) is 16.0 Å². The predicted molar refractivity (Wildman–Crippen MR) is 97.7 cm³/mol. The Morgan fingerprint density at radius 3 is 2.21 bits per heavy atom. The number of nitrogens with zero attached hydrogens (tertiary/aromatic N) is 1. The van der Waals surface area contributed by atoms with Crippen LogP contribution in [0.5, 0.6) is 0 Å². The van der Waals surface area contributed by atoms with E-state index in [1.807, 2.05) is 0 Å². The molecule has 24 heavy (non-hydrogen) atoms. The van der Waals surface area contributed by atoms with Crippen molar-refractivity contribution in [1.82, 2.24) is 15.5 Å². The monoisotopic (exact) mass is 333 g/mol. The second kappa shape index (κ2) is 10.1. The molecule has 1 atom stereocenters. The maximum absolute atomic E-state index is 11.9. The third-order valence-corrected chi connectivity index (χ3v) is 3.96. The minimum absolute atomic E-state index is 0.0333. The van der Waals surface area contributed by atoms with Gasteiger partial charge in [0.1, 0.15) is 0 Å². The summed E-state index contributed by atoms with van der Waals surface area (Å²) in [4.78, 5) is 24.9. The fourth-order valence-corrected chi connectivity index (χ4v) is 2.52. The molecule has 0 radical (unpaired) electrons. The average molecular weight is 333 g/mol. The first kappa shape index (κ1) is 20.2. The summed E-state index contributed by atoms with van der Waals surface area (Å²) in [5.41, 5.74) is 2.52. The molecule has 0 saturated carbocycles. The number of carbonyl (C=O) groups excluding carboxylic acids is 2. The van der Waals surface area contributed by atoms with Crippen molar-refractivity contribution in [2.45, 2.75) is 39.7 Å². The zero-order chi connectivity index (χ0) is 18.1. The van der Waals surface area contributed by atoms with E-state index >= 15 is 0 Å². The van der Waals surface area contributed by atoms with Gasteiger partial charge in [0.2, 0.25) is 11.8 Å². The van der Waals surface area contributed by atoms with E-state index < -0.39 is 0 Å². The summed E-state index contributed by atoms with van der Waals surface area (Å²) in [6.45, 7) is 6.66. The van der Waals surface area contributed by atoms with Crippen molar-refractivity contribution >= 4 is 11.8 Å². The Labute approximate surface area is 145 Å². The van der Waals surface area contributed by atoms with Gasteiger partial charge in [0, 0.05) is 20.1 Å². The molecule has 0 heterocycles. The molecule has 1 rings (SSSR count). The fraction of sp³-hybridized carbons (Fsp3) is 0.579. The van der Waals surface area contributed by atoms with Crippen LogP contribution in [0.1, 0.15) is 44.4 Å². The van der Waals surface area contributed by atoms with Crippen molar-refractivity contribution in [3.05, 3.63) is 35.4 Å². The molecule has 2 amide bonds. The molecule has 0 aliphatic heterocycles. The molecule has 1 aromatic rings. The lowest BCUT2D eigenvalue weighted by atomic mass is 9.94. The number of aryl methyl sites for hydroxylation is 1. The van der Waals surface area contributed by atoms with Gasteiger partial charge in [-0.15, -0.1) is 0 Å². The number of hydrogen-bond donors (Lipinski definition) is 2. The summed E-state index contributed by atoms with van der Waals surface area (Å²) in [5.74, 6) is 0.0759. The quantitative estimate of drug-likeness (QED) is 0.728. The molecule has 134 valence electrons. The third-order valence-electron chi connectivity index (χ3n) is 3.96. The Bertz CT molecular complexity index is 524. The summed E-state index contributed by atoms with van der Waals surface area (Å²) < 4.78 is 0. The molecule has 0 spiro atoms. The lowest BCUT2D eigenvalue weighted by molar-refractivity contribution is -0.130. The van der Waals surface area contributed by atoms with E-state index in [1.54, 1.807) is 14.1 Å². The second-order valence-electron chi connectivity index (χ2n) is 6.66. The van der Waals surface area contributed by atoms with Crippen LogP contribution < -0.4 is 10.6 Å². The van der Waals surface area contributed by atoms with Crippen LogP contribution in [0.15, 0.2) is 24.3 Å². The van der Waals surface area contributed by atoms with Crippen molar-refractivity contribution in [3.8, 4) is 0 Å². The summed E-state index contributed by atoms with van der Waals surface area (Å²) in [7, 11) is 3.34. The van der Waals surface area contributed by atoms with Crippen LogP contribution in [0, 0.1) is 5.92 Å². The first-order chi connectivity index (χ1) is 11.3. The highest BCUT2D eigenvalue weighted by Gasteiger charge is 2.17. The Kier molecular flexibility index (Phi) is 8.47. The highest BCUT2D eigenvalue weighted by atomic mass is 16.2. The lowest BCUT2D eigenvalue weighted by Gasteiger charge is -2.23. The SMILES string of the molecule is CCCc1ccc([C@@H](NCC(=O)NCC(=O)N(C)C)C(C)C)cc1. The third kappa shape index (κ3) is 6.71. The van der Waals surface area contributed by atoms with Crippen LogP contribution in [0.25, 0.3) is 0 Å². The summed E-state index contributed by atoms with van der Waals surface area (Å²) in [6, 6.07) is 8.69. The van der Waals surface area contributed by atoms with Crippen molar-refractivity contribution in [2.24, 2.45) is 5.92 Å². The highest BCUT2D eigenvalue weighted by Crippen LogP contribution is 2.22. The van der Waals surface area contributed by atoms with Crippen LogP contribution in [-0.2, 0) is 16.0 Å². The molecule has 2 N–H and O–H groups in total. The summed E-state index contributed by atoms with van der Waals surface area (Å²) >= 11 is 0. The smallest absolute Gasteiger partial charge is 0.241 e. The van der Waals surface area contributed by atoms with Crippen molar-refractivity contribution in [3.63, 3.8) is 0 Å². The van der Waals surface area contributed by atoms with Gasteiger partial charge in [0.25, 0.3) is 0 Å². The number of benzene rings is 1. The van der Waals surface area contributed by atoms with Gasteiger partial charge < -0.3 is 15.5 Å². The highest BCUT2D eigenvalue weighted by molar-refractivity contribution is 5.85. The molecule has 0 saturated heterocycles. The minimum atomic E-state index is -0.168. The van der Waals surface area contributed by atoms with Crippen LogP contribution in [0.4, 0.5) is 0 Å². The molecule has 0 aliphatic carbocycles. The average Bonchev–Trinajstić information content (AvgIpc) is 2.54. The normalized spacial score (nSPS) is 12.1. The van der Waals surface area contributed by atoms with Gasteiger partial charge in [-0.2, -0.15) is 0 Å². The zero-order valence-corrected chi connectivity index (χ0v) is 15.6. The summed E-state index contributed by atoms with van der Waals surface area (Å²) in [5, 5.41) is 5.95. The van der Waals surface area contributed by atoms with Crippen LogP contribution in [0.3, 0.4) is 0 Å². The molecule has 0 aliphatic rings.